The molecule has 0 bridgehead atoms. The van der Waals surface area contributed by atoms with Gasteiger partial charge in [0, 0.05) is 13.1 Å². The third-order valence-electron chi connectivity index (χ3n) is 4.61. The molecule has 0 amide bonds. The summed E-state index contributed by atoms with van der Waals surface area (Å²) in [5.74, 6) is 0.903. The van der Waals surface area contributed by atoms with E-state index in [2.05, 4.69) is 50.0 Å². The summed E-state index contributed by atoms with van der Waals surface area (Å²) in [6.45, 7) is 14.5. The molecule has 1 aliphatic rings. The summed E-state index contributed by atoms with van der Waals surface area (Å²) in [4.78, 5) is 4.91. The van der Waals surface area contributed by atoms with Gasteiger partial charge in [0.1, 0.15) is 0 Å². The lowest BCUT2D eigenvalue weighted by atomic mass is 9.77. The maximum Gasteiger partial charge on any atom is 0.0107 e. The van der Waals surface area contributed by atoms with Crippen molar-refractivity contribution in [3.63, 3.8) is 0 Å². The molecule has 1 N–H and O–H groups in total. The maximum absolute atomic E-state index is 3.58. The molecule has 120 valence electrons. The Hall–Kier alpha value is -0.120. The fourth-order valence-corrected chi connectivity index (χ4v) is 3.13. The highest BCUT2D eigenvalue weighted by Gasteiger charge is 2.26. The van der Waals surface area contributed by atoms with E-state index in [1.165, 1.54) is 51.9 Å². The van der Waals surface area contributed by atoms with Crippen LogP contribution in [0.3, 0.4) is 0 Å². The smallest absolute Gasteiger partial charge is 0.0107 e. The van der Waals surface area contributed by atoms with Gasteiger partial charge in [-0.05, 0) is 77.3 Å². The number of hydrogen-bond donors (Lipinski definition) is 1. The Labute approximate surface area is 127 Å². The summed E-state index contributed by atoms with van der Waals surface area (Å²) in [6.07, 6.45) is 5.42. The Morgan fingerprint density at radius 3 is 2.50 bits per heavy atom. The second-order valence-corrected chi connectivity index (χ2v) is 7.74. The molecule has 3 heteroatoms. The Bertz CT molecular complexity index is 245. The van der Waals surface area contributed by atoms with Gasteiger partial charge in [0.15, 0.2) is 0 Å². The average molecular weight is 284 g/mol. The van der Waals surface area contributed by atoms with Crippen molar-refractivity contribution in [2.45, 2.75) is 46.5 Å². The molecule has 0 aliphatic carbocycles. The SMILES string of the molecule is CN(C)CCCNCCN1CCCC(C(C)(C)C)CC1. The third-order valence-corrected chi connectivity index (χ3v) is 4.61. The molecule has 1 fully saturated rings. The van der Waals surface area contributed by atoms with Gasteiger partial charge < -0.3 is 15.1 Å². The minimum atomic E-state index is 0.487. The first-order valence-corrected chi connectivity index (χ1v) is 8.47. The number of nitrogens with zero attached hydrogens (tertiary/aromatic N) is 2. The van der Waals surface area contributed by atoms with E-state index >= 15 is 0 Å². The summed E-state index contributed by atoms with van der Waals surface area (Å²) in [6, 6.07) is 0. The summed E-state index contributed by atoms with van der Waals surface area (Å²) >= 11 is 0. The maximum atomic E-state index is 3.58. The fourth-order valence-electron chi connectivity index (χ4n) is 3.13. The van der Waals surface area contributed by atoms with Gasteiger partial charge in [0.05, 0.1) is 0 Å². The van der Waals surface area contributed by atoms with E-state index in [4.69, 9.17) is 0 Å². The Morgan fingerprint density at radius 2 is 1.85 bits per heavy atom. The minimum absolute atomic E-state index is 0.487. The monoisotopic (exact) mass is 283 g/mol. The Balaban J connectivity index is 2.10. The van der Waals surface area contributed by atoms with Crippen molar-refractivity contribution in [1.82, 2.24) is 15.1 Å². The number of hydrogen-bond acceptors (Lipinski definition) is 3. The molecule has 20 heavy (non-hydrogen) atoms. The first kappa shape index (κ1) is 17.9. The van der Waals surface area contributed by atoms with E-state index in [1.54, 1.807) is 0 Å². The summed E-state index contributed by atoms with van der Waals surface area (Å²) in [7, 11) is 4.28. The molecule has 0 spiro atoms. The molecule has 0 aromatic carbocycles. The molecule has 1 heterocycles. The highest BCUT2D eigenvalue weighted by Crippen LogP contribution is 2.34. The molecule has 1 rings (SSSR count). The molecule has 1 atom stereocenters. The first-order valence-electron chi connectivity index (χ1n) is 8.47. The number of nitrogens with one attached hydrogen (secondary N) is 1. The Kier molecular flexibility index (Phi) is 8.08. The molecule has 0 aromatic rings. The number of rotatable bonds is 7. The van der Waals surface area contributed by atoms with Gasteiger partial charge in [-0.3, -0.25) is 0 Å². The normalized spacial score (nSPS) is 22.2. The predicted molar refractivity (Wildman–Crippen MR) is 89.3 cm³/mol. The van der Waals surface area contributed by atoms with Crippen LogP contribution in [0.15, 0.2) is 0 Å². The van der Waals surface area contributed by atoms with Crippen LogP contribution >= 0.6 is 0 Å². The quantitative estimate of drug-likeness (QED) is 0.725. The zero-order valence-electron chi connectivity index (χ0n) is 14.5. The minimum Gasteiger partial charge on any atom is -0.315 e. The van der Waals surface area contributed by atoms with E-state index in [0.29, 0.717) is 5.41 Å². The molecule has 0 aromatic heterocycles. The van der Waals surface area contributed by atoms with Crippen LogP contribution in [0.5, 0.6) is 0 Å². The van der Waals surface area contributed by atoms with Gasteiger partial charge >= 0.3 is 0 Å². The Morgan fingerprint density at radius 1 is 1.10 bits per heavy atom. The fraction of sp³-hybridized carbons (Fsp3) is 1.00. The van der Waals surface area contributed by atoms with Crippen molar-refractivity contribution in [2.24, 2.45) is 11.3 Å². The topological polar surface area (TPSA) is 18.5 Å². The highest BCUT2D eigenvalue weighted by atomic mass is 15.1. The molecule has 1 unspecified atom stereocenters. The molecule has 0 saturated carbocycles. The van der Waals surface area contributed by atoms with Gasteiger partial charge in [-0.25, -0.2) is 0 Å². The van der Waals surface area contributed by atoms with Crippen molar-refractivity contribution >= 4 is 0 Å². The second-order valence-electron chi connectivity index (χ2n) is 7.74. The summed E-state index contributed by atoms with van der Waals surface area (Å²) in [5, 5.41) is 3.58. The van der Waals surface area contributed by atoms with Crippen molar-refractivity contribution in [3.05, 3.63) is 0 Å². The molecule has 3 nitrogen and oxygen atoms in total. The van der Waals surface area contributed by atoms with Crippen molar-refractivity contribution in [3.8, 4) is 0 Å². The van der Waals surface area contributed by atoms with Crippen LogP contribution in [0.25, 0.3) is 0 Å². The standard InChI is InChI=1S/C17H37N3/c1-17(2,3)16-8-6-13-20(14-9-16)15-11-18-10-7-12-19(4)5/h16,18H,6-15H2,1-5H3. The van der Waals surface area contributed by atoms with Crippen LogP contribution in [0.4, 0.5) is 0 Å². The van der Waals surface area contributed by atoms with E-state index in [-0.39, 0.29) is 0 Å². The lowest BCUT2D eigenvalue weighted by molar-refractivity contribution is 0.208. The lowest BCUT2D eigenvalue weighted by Gasteiger charge is -2.29. The number of likely N-dealkylation sites (tertiary alicyclic amines) is 1. The predicted octanol–water partition coefficient (Wildman–Crippen LogP) is 2.68. The van der Waals surface area contributed by atoms with Gasteiger partial charge in [-0.1, -0.05) is 20.8 Å². The van der Waals surface area contributed by atoms with Crippen molar-refractivity contribution in [2.75, 3.05) is 53.4 Å². The van der Waals surface area contributed by atoms with Crippen molar-refractivity contribution < 1.29 is 0 Å². The second kappa shape index (κ2) is 9.01. The van der Waals surface area contributed by atoms with E-state index in [1.807, 2.05) is 0 Å². The molecule has 1 saturated heterocycles. The molecule has 0 radical (unpaired) electrons. The van der Waals surface area contributed by atoms with Gasteiger partial charge in [-0.15, -0.1) is 0 Å². The molecule has 1 aliphatic heterocycles. The zero-order valence-corrected chi connectivity index (χ0v) is 14.5. The van der Waals surface area contributed by atoms with Crippen LogP contribution in [0, 0.1) is 11.3 Å². The van der Waals surface area contributed by atoms with Crippen LogP contribution < -0.4 is 5.32 Å². The van der Waals surface area contributed by atoms with Crippen LogP contribution in [0.1, 0.15) is 46.5 Å². The lowest BCUT2D eigenvalue weighted by Crippen LogP contribution is -2.34. The van der Waals surface area contributed by atoms with E-state index in [0.717, 1.165) is 19.0 Å². The van der Waals surface area contributed by atoms with Crippen LogP contribution in [-0.4, -0.2) is 63.2 Å². The average Bonchev–Trinajstić information content (AvgIpc) is 2.58. The molecular weight excluding hydrogens is 246 g/mol. The van der Waals surface area contributed by atoms with Gasteiger partial charge in [0.25, 0.3) is 0 Å². The van der Waals surface area contributed by atoms with Crippen molar-refractivity contribution in [1.29, 1.82) is 0 Å². The largest absolute Gasteiger partial charge is 0.315 e. The van der Waals surface area contributed by atoms with E-state index in [9.17, 15) is 0 Å². The summed E-state index contributed by atoms with van der Waals surface area (Å²) in [5.41, 5.74) is 0.487. The van der Waals surface area contributed by atoms with Gasteiger partial charge in [-0.2, -0.15) is 0 Å². The van der Waals surface area contributed by atoms with E-state index < -0.39 is 0 Å². The van der Waals surface area contributed by atoms with Crippen LogP contribution in [-0.2, 0) is 0 Å². The zero-order chi connectivity index (χ0) is 15.0. The third kappa shape index (κ3) is 7.61. The summed E-state index contributed by atoms with van der Waals surface area (Å²) < 4.78 is 0. The van der Waals surface area contributed by atoms with Crippen LogP contribution in [0.2, 0.25) is 0 Å². The molecular formula is C17H37N3. The first-order chi connectivity index (χ1) is 9.39. The van der Waals surface area contributed by atoms with Gasteiger partial charge in [0.2, 0.25) is 0 Å². The highest BCUT2D eigenvalue weighted by molar-refractivity contribution is 4.79.